The molecule has 2 aliphatic carbocycles. The summed E-state index contributed by atoms with van der Waals surface area (Å²) in [5.74, 6) is -2.23. The highest BCUT2D eigenvalue weighted by atomic mass is 35.5. The van der Waals surface area contributed by atoms with Gasteiger partial charge in [-0.15, -0.1) is 11.8 Å². The van der Waals surface area contributed by atoms with Gasteiger partial charge in [-0.1, -0.05) is 41.1 Å². The lowest BCUT2D eigenvalue weighted by molar-refractivity contribution is -0.149. The zero-order valence-electron chi connectivity index (χ0n) is 21.7. The molecule has 2 saturated carbocycles. The van der Waals surface area contributed by atoms with Gasteiger partial charge in [0.15, 0.2) is 11.5 Å². The number of aromatic nitrogens is 1. The summed E-state index contributed by atoms with van der Waals surface area (Å²) in [6.07, 6.45) is 0.727. The number of rotatable bonds is 7. The lowest BCUT2D eigenvalue weighted by Crippen LogP contribution is -2.42. The maximum absolute atomic E-state index is 13.4. The maximum atomic E-state index is 13.4. The van der Waals surface area contributed by atoms with E-state index in [0.29, 0.717) is 23.1 Å². The average Bonchev–Trinajstić information content (AvgIpc) is 3.68. The molecule has 2 aliphatic heterocycles. The highest BCUT2D eigenvalue weighted by Gasteiger charge is 2.69. The fraction of sp³-hybridized carbons (Fsp3) is 0.379. The minimum atomic E-state index is -1.20. The number of fused-ring (bicyclic) bond motifs is 9. The van der Waals surface area contributed by atoms with Gasteiger partial charge in [0.1, 0.15) is 13.2 Å². The number of carboxylic acids is 1. The topological polar surface area (TPSA) is 126 Å². The predicted octanol–water partition coefficient (Wildman–Crippen LogP) is 4.24. The summed E-state index contributed by atoms with van der Waals surface area (Å²) in [5, 5.41) is 10.8. The second-order valence-electron chi connectivity index (χ2n) is 10.9. The van der Waals surface area contributed by atoms with E-state index in [0.717, 1.165) is 32.4 Å². The normalized spacial score (nSPS) is 29.3. The number of hydrogen-bond acceptors (Lipinski definition) is 8. The molecular weight excluding hydrogens is 588 g/mol. The van der Waals surface area contributed by atoms with Crippen LogP contribution in [-0.2, 0) is 21.0 Å². The van der Waals surface area contributed by atoms with Gasteiger partial charge in [0.2, 0.25) is 11.8 Å². The molecule has 2 N–H and O–H groups in total. The Balaban J connectivity index is 1.24. The van der Waals surface area contributed by atoms with E-state index in [1.54, 1.807) is 31.0 Å². The Morgan fingerprint density at radius 2 is 1.80 bits per heavy atom. The quantitative estimate of drug-likeness (QED) is 0.380. The van der Waals surface area contributed by atoms with Gasteiger partial charge >= 0.3 is 10.8 Å². The molecule has 3 aromatic rings. The number of methoxy groups -OCH3 is 1. The van der Waals surface area contributed by atoms with Crippen molar-refractivity contribution in [1.29, 1.82) is 0 Å². The van der Waals surface area contributed by atoms with Crippen LogP contribution in [-0.4, -0.2) is 51.7 Å². The molecule has 3 heterocycles. The molecule has 0 spiro atoms. The number of carbonyl (C=O) groups is 3. The van der Waals surface area contributed by atoms with E-state index in [9.17, 15) is 24.3 Å². The Labute approximate surface area is 247 Å². The molecule has 6 unspecified atom stereocenters. The molecule has 2 aromatic carbocycles. The number of thioether (sulfide) groups is 1. The van der Waals surface area contributed by atoms with Gasteiger partial charge in [0.25, 0.3) is 0 Å². The van der Waals surface area contributed by atoms with Crippen LogP contribution in [0.4, 0.5) is 0 Å². The van der Waals surface area contributed by atoms with Crippen molar-refractivity contribution in [3.05, 3.63) is 73.2 Å². The fourth-order valence-corrected chi connectivity index (χ4v) is 10.5. The van der Waals surface area contributed by atoms with Crippen LogP contribution in [0.2, 0.25) is 5.02 Å². The molecule has 3 fully saturated rings. The number of carbonyl (C=O) groups excluding carboxylic acids is 2. The first-order valence-electron chi connectivity index (χ1n) is 13.3. The van der Waals surface area contributed by atoms with Gasteiger partial charge in [-0.05, 0) is 59.6 Å². The number of likely N-dealkylation sites (tertiary alicyclic amines) is 1. The third-order valence-corrected chi connectivity index (χ3v) is 11.8. The lowest BCUT2D eigenvalue weighted by Gasteiger charge is -2.43. The summed E-state index contributed by atoms with van der Waals surface area (Å²) >= 11 is 8.76. The van der Waals surface area contributed by atoms with Crippen LogP contribution in [0.1, 0.15) is 28.3 Å². The highest BCUT2D eigenvalue weighted by molar-refractivity contribution is 8.00. The summed E-state index contributed by atoms with van der Waals surface area (Å²) < 4.78 is 11.8. The number of nitrogens with zero attached hydrogens (tertiary/aromatic N) is 1. The van der Waals surface area contributed by atoms with E-state index < -0.39 is 24.3 Å². The van der Waals surface area contributed by atoms with E-state index in [1.807, 2.05) is 30.3 Å². The molecule has 41 heavy (non-hydrogen) atoms. The van der Waals surface area contributed by atoms with Crippen molar-refractivity contribution in [3.63, 3.8) is 0 Å². The van der Waals surface area contributed by atoms with E-state index in [4.69, 9.17) is 21.1 Å². The van der Waals surface area contributed by atoms with Crippen molar-refractivity contribution in [1.82, 2.24) is 9.88 Å². The molecule has 2 bridgehead atoms. The number of nitrogens with one attached hydrogen (secondary N) is 1. The molecular formula is C29H25ClN2O7S2. The second-order valence-corrected chi connectivity index (χ2v) is 13.6. The largest absolute Gasteiger partial charge is 0.493 e. The predicted molar refractivity (Wildman–Crippen MR) is 152 cm³/mol. The van der Waals surface area contributed by atoms with Crippen molar-refractivity contribution in [2.24, 2.45) is 29.6 Å². The van der Waals surface area contributed by atoms with Crippen LogP contribution in [0.5, 0.6) is 11.5 Å². The summed E-state index contributed by atoms with van der Waals surface area (Å²) in [6, 6.07) is 13.2. The van der Waals surface area contributed by atoms with Crippen LogP contribution in [0.15, 0.2) is 52.3 Å². The highest BCUT2D eigenvalue weighted by Crippen LogP contribution is 2.68. The Hall–Kier alpha value is -3.28. The van der Waals surface area contributed by atoms with Crippen LogP contribution in [0.3, 0.4) is 0 Å². The van der Waals surface area contributed by atoms with Gasteiger partial charge in [0, 0.05) is 21.1 Å². The molecule has 7 atom stereocenters. The first kappa shape index (κ1) is 26.6. The van der Waals surface area contributed by atoms with E-state index in [-0.39, 0.29) is 45.6 Å². The number of aromatic amines is 1. The van der Waals surface area contributed by atoms with Crippen molar-refractivity contribution >= 4 is 52.5 Å². The van der Waals surface area contributed by atoms with Crippen molar-refractivity contribution in [3.8, 4) is 11.5 Å². The fourth-order valence-electron chi connectivity index (χ4n) is 7.48. The van der Waals surface area contributed by atoms with Crippen molar-refractivity contribution < 1.29 is 29.0 Å². The summed E-state index contributed by atoms with van der Waals surface area (Å²) in [4.78, 5) is 55.2. The second kappa shape index (κ2) is 9.92. The van der Waals surface area contributed by atoms with Gasteiger partial charge in [0.05, 0.1) is 24.0 Å². The molecule has 212 valence electrons. The van der Waals surface area contributed by atoms with Crippen LogP contribution < -0.4 is 14.3 Å². The van der Waals surface area contributed by atoms with Gasteiger partial charge in [-0.2, -0.15) is 0 Å². The number of carboxylic acid groups (broad SMARTS) is 1. The number of imide groups is 1. The number of amides is 2. The maximum Gasteiger partial charge on any atom is 0.323 e. The molecule has 7 rings (SSSR count). The molecule has 2 amide bonds. The first-order chi connectivity index (χ1) is 19.7. The Morgan fingerprint density at radius 3 is 2.51 bits per heavy atom. The molecule has 12 heteroatoms. The summed E-state index contributed by atoms with van der Waals surface area (Å²) in [7, 11) is 1.58. The SMILES string of the molecule is COc1cc([C@H]2c3sc(=O)[nH]c3SC3C4CC(C5C(=O)N(CC(=O)O)C(=O)C45)C32)ccc1OCc1ccc(Cl)cc1. The van der Waals surface area contributed by atoms with E-state index >= 15 is 0 Å². The summed E-state index contributed by atoms with van der Waals surface area (Å²) in [6.45, 7) is -0.275. The number of halogens is 1. The molecule has 9 nitrogen and oxygen atoms in total. The van der Waals surface area contributed by atoms with E-state index in [1.165, 1.54) is 11.3 Å². The Kier molecular flexibility index (Phi) is 6.44. The average molecular weight is 613 g/mol. The minimum Gasteiger partial charge on any atom is -0.493 e. The first-order valence-corrected chi connectivity index (χ1v) is 15.3. The standard InChI is InChI=1S/C29H25ClN2O7S2/c1-38-18-8-13(4-7-17(18)39-11-12-2-5-14(30)6-3-12)20-21-15-9-16(24(21)40-26-25(20)41-29(37)31-26)23-22(15)27(35)32(28(23)36)10-19(33)34/h2-8,15-16,20-24H,9-11H2,1H3,(H,31,37)(H,33,34)/t15?,16?,20-,21?,22?,23?,24?/m1/s1. The number of hydrogen-bond donors (Lipinski definition) is 2. The number of aliphatic carboxylic acids is 1. The van der Waals surface area contributed by atoms with Gasteiger partial charge in [-0.3, -0.25) is 24.1 Å². The molecule has 1 aromatic heterocycles. The smallest absolute Gasteiger partial charge is 0.323 e. The summed E-state index contributed by atoms with van der Waals surface area (Å²) in [5.41, 5.74) is 1.90. The zero-order valence-corrected chi connectivity index (χ0v) is 24.1. The van der Waals surface area contributed by atoms with Gasteiger partial charge in [-0.25, -0.2) is 0 Å². The third kappa shape index (κ3) is 4.20. The van der Waals surface area contributed by atoms with Crippen molar-refractivity contribution in [2.45, 2.75) is 29.2 Å². The Morgan fingerprint density at radius 1 is 1.07 bits per heavy atom. The number of benzene rings is 2. The van der Waals surface area contributed by atoms with Crippen molar-refractivity contribution in [2.75, 3.05) is 13.7 Å². The molecule has 0 radical (unpaired) electrons. The van der Waals surface area contributed by atoms with Gasteiger partial charge < -0.3 is 19.6 Å². The lowest BCUT2D eigenvalue weighted by atomic mass is 9.68. The minimum absolute atomic E-state index is 0.00253. The zero-order chi connectivity index (χ0) is 28.6. The number of H-pyrrole nitrogens is 1. The van der Waals surface area contributed by atoms with Crippen LogP contribution in [0.25, 0.3) is 0 Å². The monoisotopic (exact) mass is 612 g/mol. The van der Waals surface area contributed by atoms with E-state index in [2.05, 4.69) is 4.98 Å². The number of ether oxygens (including phenoxy) is 2. The Bertz CT molecular complexity index is 1640. The number of thiazole rings is 1. The van der Waals surface area contributed by atoms with Crippen LogP contribution in [0, 0.1) is 29.6 Å². The molecule has 4 aliphatic rings. The molecule has 1 saturated heterocycles. The third-order valence-electron chi connectivity index (χ3n) is 8.96. The van der Waals surface area contributed by atoms with Crippen LogP contribution >= 0.6 is 34.7 Å².